The Hall–Kier alpha value is -4.00. The van der Waals surface area contributed by atoms with E-state index in [0.29, 0.717) is 62.3 Å². The number of carboxylic acid groups (broad SMARTS) is 1. The van der Waals surface area contributed by atoms with Gasteiger partial charge >= 0.3 is 11.7 Å². The van der Waals surface area contributed by atoms with Crippen LogP contribution in [-0.4, -0.2) is 122 Å². The van der Waals surface area contributed by atoms with E-state index in [1.54, 1.807) is 0 Å². The number of rotatable bonds is 10. The number of amides is 2. The van der Waals surface area contributed by atoms with Gasteiger partial charge < -0.3 is 14.9 Å². The normalized spacial score (nSPS) is 19.2. The molecule has 3 aromatic rings. The number of halogens is 1. The molecule has 0 bridgehead atoms. The molecule has 2 amide bonds. The van der Waals surface area contributed by atoms with E-state index >= 15 is 0 Å². The molecular formula is C36H46ClN7O5. The van der Waals surface area contributed by atoms with Crippen LogP contribution in [0.15, 0.2) is 53.3 Å². The van der Waals surface area contributed by atoms with Gasteiger partial charge in [-0.15, -0.1) is 5.10 Å². The number of benzene rings is 2. The summed E-state index contributed by atoms with van der Waals surface area (Å²) in [5.74, 6) is -0.794. The highest BCUT2D eigenvalue weighted by Crippen LogP contribution is 2.27. The van der Waals surface area contributed by atoms with Gasteiger partial charge in [-0.2, -0.15) is 0 Å². The van der Waals surface area contributed by atoms with Crippen molar-refractivity contribution in [1.82, 2.24) is 34.4 Å². The average molecular weight is 692 g/mol. The highest BCUT2D eigenvalue weighted by Gasteiger charge is 2.35. The number of nitrogens with one attached hydrogen (secondary N) is 1. The van der Waals surface area contributed by atoms with Gasteiger partial charge in [0.1, 0.15) is 0 Å². The lowest BCUT2D eigenvalue weighted by molar-refractivity contribution is -0.143. The Kier molecular flexibility index (Phi) is 11.2. The molecular weight excluding hydrogens is 646 g/mol. The molecule has 3 fully saturated rings. The van der Waals surface area contributed by atoms with Crippen LogP contribution in [0.5, 0.6) is 0 Å². The van der Waals surface area contributed by atoms with Crippen molar-refractivity contribution >= 4 is 29.4 Å². The van der Waals surface area contributed by atoms with Crippen LogP contribution in [0.3, 0.4) is 0 Å². The molecule has 3 aliphatic rings. The number of hydrogen-bond donors (Lipinski definition) is 2. The third-order valence-corrected chi connectivity index (χ3v) is 10.8. The predicted molar refractivity (Wildman–Crippen MR) is 186 cm³/mol. The van der Waals surface area contributed by atoms with Gasteiger partial charge in [0.25, 0.3) is 0 Å². The Morgan fingerprint density at radius 1 is 0.898 bits per heavy atom. The summed E-state index contributed by atoms with van der Waals surface area (Å²) in [5, 5.41) is 14.3. The minimum Gasteiger partial charge on any atom is -0.480 e. The molecule has 262 valence electrons. The average Bonchev–Trinajstić information content (AvgIpc) is 3.51. The Balaban J connectivity index is 1.06. The monoisotopic (exact) mass is 691 g/mol. The highest BCUT2D eigenvalue weighted by atomic mass is 35.5. The summed E-state index contributed by atoms with van der Waals surface area (Å²) in [6, 6.07) is 15.6. The number of piperazine rings is 1. The van der Waals surface area contributed by atoms with Crippen LogP contribution in [0.2, 0.25) is 5.02 Å². The summed E-state index contributed by atoms with van der Waals surface area (Å²) in [4.78, 5) is 62.7. The number of aryl methyl sites for hydroxylation is 1. The van der Waals surface area contributed by atoms with Gasteiger partial charge in [0.2, 0.25) is 11.8 Å². The van der Waals surface area contributed by atoms with Gasteiger partial charge in [0, 0.05) is 75.4 Å². The molecule has 1 unspecified atom stereocenters. The third-order valence-electron chi connectivity index (χ3n) is 10.4. The van der Waals surface area contributed by atoms with Crippen LogP contribution in [0, 0.1) is 12.8 Å². The summed E-state index contributed by atoms with van der Waals surface area (Å²) < 4.78 is 1.51. The number of piperidine rings is 2. The van der Waals surface area contributed by atoms with E-state index in [-0.39, 0.29) is 36.5 Å². The fourth-order valence-corrected chi connectivity index (χ4v) is 7.68. The molecule has 2 aromatic carbocycles. The van der Waals surface area contributed by atoms with Gasteiger partial charge in [-0.05, 0) is 56.2 Å². The predicted octanol–water partition coefficient (Wildman–Crippen LogP) is 3.31. The second-order valence-electron chi connectivity index (χ2n) is 13.7. The van der Waals surface area contributed by atoms with Crippen molar-refractivity contribution in [3.63, 3.8) is 0 Å². The first kappa shape index (κ1) is 34.8. The fourth-order valence-electron chi connectivity index (χ4n) is 7.56. The number of carbonyl (C=O) groups is 3. The lowest BCUT2D eigenvalue weighted by Crippen LogP contribution is -2.54. The van der Waals surface area contributed by atoms with Crippen LogP contribution in [0.4, 0.5) is 0 Å². The van der Waals surface area contributed by atoms with Crippen molar-refractivity contribution in [3.05, 3.63) is 75.2 Å². The minimum absolute atomic E-state index is 0.0112. The van der Waals surface area contributed by atoms with Gasteiger partial charge in [-0.25, -0.2) is 9.48 Å². The molecule has 0 aliphatic carbocycles. The van der Waals surface area contributed by atoms with Crippen LogP contribution in [0.1, 0.15) is 49.3 Å². The van der Waals surface area contributed by atoms with Crippen LogP contribution >= 0.6 is 11.6 Å². The van der Waals surface area contributed by atoms with Crippen molar-refractivity contribution in [2.24, 2.45) is 5.92 Å². The zero-order valence-electron chi connectivity index (χ0n) is 28.1. The van der Waals surface area contributed by atoms with Crippen molar-refractivity contribution in [3.8, 4) is 11.4 Å². The molecule has 4 heterocycles. The molecule has 3 aliphatic heterocycles. The fraction of sp³-hybridized carbons (Fsp3) is 0.528. The second kappa shape index (κ2) is 15.7. The maximum atomic E-state index is 14.1. The van der Waals surface area contributed by atoms with Gasteiger partial charge in [0.05, 0.1) is 18.5 Å². The number of hydrogen-bond acceptors (Lipinski definition) is 7. The number of aliphatic carboxylic acids is 1. The smallest absolute Gasteiger partial charge is 0.343 e. The van der Waals surface area contributed by atoms with Crippen LogP contribution in [-0.2, 0) is 20.8 Å². The van der Waals surface area contributed by atoms with Gasteiger partial charge in [-0.3, -0.25) is 29.2 Å². The summed E-state index contributed by atoms with van der Waals surface area (Å²) in [5.41, 5.74) is 2.51. The first-order chi connectivity index (χ1) is 23.6. The first-order valence-corrected chi connectivity index (χ1v) is 17.8. The second-order valence-corrected chi connectivity index (χ2v) is 14.1. The van der Waals surface area contributed by atoms with E-state index in [9.17, 15) is 19.2 Å². The zero-order valence-corrected chi connectivity index (χ0v) is 28.9. The van der Waals surface area contributed by atoms with Gasteiger partial charge in [-0.1, -0.05) is 54.1 Å². The third kappa shape index (κ3) is 8.60. The van der Waals surface area contributed by atoms with Gasteiger partial charge in [0.15, 0.2) is 5.82 Å². The van der Waals surface area contributed by atoms with E-state index < -0.39 is 11.9 Å². The Labute approximate surface area is 291 Å². The molecule has 0 radical (unpaired) electrons. The van der Waals surface area contributed by atoms with Crippen molar-refractivity contribution in [2.75, 3.05) is 58.9 Å². The first-order valence-electron chi connectivity index (χ1n) is 17.4. The van der Waals surface area contributed by atoms with E-state index in [0.717, 1.165) is 55.7 Å². The van der Waals surface area contributed by atoms with E-state index in [1.165, 1.54) is 4.68 Å². The lowest BCUT2D eigenvalue weighted by Gasteiger charge is -2.43. The minimum atomic E-state index is -0.796. The molecule has 6 rings (SSSR count). The molecule has 0 saturated carbocycles. The van der Waals surface area contributed by atoms with Crippen molar-refractivity contribution in [2.45, 2.75) is 57.5 Å². The number of carbonyl (C=O) groups excluding carboxylic acids is 2. The number of carboxylic acids is 1. The molecule has 1 aromatic heterocycles. The highest BCUT2D eigenvalue weighted by molar-refractivity contribution is 6.31. The van der Waals surface area contributed by atoms with Crippen molar-refractivity contribution < 1.29 is 19.5 Å². The summed E-state index contributed by atoms with van der Waals surface area (Å²) in [7, 11) is 0. The standard InChI is InChI=1S/C36H46ClN7O5/c1-25-21-26(7-8-31(25)37)22-28(35(48)43-15-9-29(10-16-43)41-19-17-40(18-20-41)24-33(46)47)23-32(45)42-13-11-30(12-14-42)44-36(49)38-34(39-44)27-5-3-2-4-6-27/h2-8,21,28-30H,9-20,22-24H2,1H3,(H,46,47)(H,38,39,49). The number of H-pyrrole nitrogens is 1. The number of likely N-dealkylation sites (tertiary alicyclic amines) is 2. The lowest BCUT2D eigenvalue weighted by atomic mass is 9.91. The zero-order chi connectivity index (χ0) is 34.5. The molecule has 12 nitrogen and oxygen atoms in total. The summed E-state index contributed by atoms with van der Waals surface area (Å²) in [6.07, 6.45) is 3.51. The summed E-state index contributed by atoms with van der Waals surface area (Å²) >= 11 is 6.30. The quantitative estimate of drug-likeness (QED) is 0.331. The molecule has 0 spiro atoms. The number of aromatic amines is 1. The van der Waals surface area contributed by atoms with E-state index in [4.69, 9.17) is 16.7 Å². The topological polar surface area (TPSA) is 135 Å². The van der Waals surface area contributed by atoms with E-state index in [2.05, 4.69) is 15.0 Å². The van der Waals surface area contributed by atoms with Crippen molar-refractivity contribution in [1.29, 1.82) is 0 Å². The Morgan fingerprint density at radius 2 is 1.55 bits per heavy atom. The number of aromatic nitrogens is 3. The molecule has 1 atom stereocenters. The van der Waals surface area contributed by atoms with Crippen LogP contribution < -0.4 is 5.69 Å². The maximum Gasteiger partial charge on any atom is 0.343 e. The molecule has 3 saturated heterocycles. The molecule has 13 heteroatoms. The summed E-state index contributed by atoms with van der Waals surface area (Å²) in [6.45, 7) is 7.42. The number of nitrogens with zero attached hydrogens (tertiary/aromatic N) is 6. The SMILES string of the molecule is Cc1cc(CC(CC(=O)N2CCC(n3nc(-c4ccccc4)[nH]c3=O)CC2)C(=O)N2CCC(N3CCN(CC(=O)O)CC3)CC2)ccc1Cl. The maximum absolute atomic E-state index is 14.1. The molecule has 2 N–H and O–H groups in total. The van der Waals surface area contributed by atoms with Crippen LogP contribution in [0.25, 0.3) is 11.4 Å². The largest absolute Gasteiger partial charge is 0.480 e. The molecule has 49 heavy (non-hydrogen) atoms. The Morgan fingerprint density at radius 3 is 2.20 bits per heavy atom. The Bertz CT molecular complexity index is 1670. The van der Waals surface area contributed by atoms with E-state index in [1.807, 2.05) is 70.2 Å².